The Balaban J connectivity index is 1.39. The lowest BCUT2D eigenvalue weighted by molar-refractivity contribution is -0.137. The molecule has 0 radical (unpaired) electrons. The molecular weight excluding hydrogens is 491 g/mol. The number of carbonyl (C=O) groups is 1. The van der Waals surface area contributed by atoms with Crippen molar-refractivity contribution in [3.63, 3.8) is 0 Å². The molecule has 2 aromatic carbocycles. The number of rotatable bonds is 7. The van der Waals surface area contributed by atoms with Crippen LogP contribution in [-0.4, -0.2) is 40.8 Å². The Bertz CT molecular complexity index is 1560. The number of thioether (sulfide) groups is 1. The zero-order valence-electron chi connectivity index (χ0n) is 19.0. The Hall–Kier alpha value is -3.93. The highest BCUT2D eigenvalue weighted by atomic mass is 32.2. The molecule has 12 heteroatoms. The Morgan fingerprint density at radius 1 is 1.08 bits per heavy atom. The molecule has 0 aliphatic rings. The van der Waals surface area contributed by atoms with E-state index in [0.717, 1.165) is 28.9 Å². The van der Waals surface area contributed by atoms with Crippen molar-refractivity contribution < 1.29 is 18.0 Å². The van der Waals surface area contributed by atoms with E-state index in [2.05, 4.69) is 20.4 Å². The Kier molecular flexibility index (Phi) is 6.35. The molecule has 1 N–H and O–H groups in total. The average Bonchev–Trinajstić information content (AvgIpc) is 3.47. The summed E-state index contributed by atoms with van der Waals surface area (Å²) in [5, 5.41) is 8.19. The second kappa shape index (κ2) is 9.61. The molecular formula is C24H20F3N7OS. The van der Waals surface area contributed by atoms with Crippen LogP contribution in [0.3, 0.4) is 0 Å². The largest absolute Gasteiger partial charge is 0.418 e. The number of nitrogens with zero attached hydrogens (tertiary/aromatic N) is 6. The third-order valence-electron chi connectivity index (χ3n) is 5.53. The van der Waals surface area contributed by atoms with Crippen LogP contribution < -0.4 is 5.32 Å². The van der Waals surface area contributed by atoms with Crippen LogP contribution >= 0.6 is 11.8 Å². The van der Waals surface area contributed by atoms with Crippen molar-refractivity contribution in [3.05, 3.63) is 78.1 Å². The second-order valence-corrected chi connectivity index (χ2v) is 8.98. The van der Waals surface area contributed by atoms with Crippen molar-refractivity contribution >= 4 is 39.9 Å². The van der Waals surface area contributed by atoms with E-state index in [1.165, 1.54) is 18.2 Å². The van der Waals surface area contributed by atoms with Gasteiger partial charge in [0.25, 0.3) is 0 Å². The number of imidazole rings is 1. The van der Waals surface area contributed by atoms with Gasteiger partial charge >= 0.3 is 6.18 Å². The number of hydrogen-bond acceptors (Lipinski definition) is 6. The number of aryl methyl sites for hydroxylation is 3. The van der Waals surface area contributed by atoms with Gasteiger partial charge in [-0.05, 0) is 31.2 Å². The van der Waals surface area contributed by atoms with E-state index < -0.39 is 17.6 Å². The maximum Gasteiger partial charge on any atom is 0.418 e. The predicted octanol–water partition coefficient (Wildman–Crippen LogP) is 4.77. The highest BCUT2D eigenvalue weighted by molar-refractivity contribution is 7.99. The van der Waals surface area contributed by atoms with Gasteiger partial charge in [0, 0.05) is 30.2 Å². The molecule has 0 atom stereocenters. The summed E-state index contributed by atoms with van der Waals surface area (Å²) in [6, 6.07) is 12.3. The maximum absolute atomic E-state index is 13.3. The fraction of sp³-hybridized carbons (Fsp3) is 0.208. The molecule has 0 saturated carbocycles. The zero-order chi connectivity index (χ0) is 25.3. The van der Waals surface area contributed by atoms with E-state index in [9.17, 15) is 18.0 Å². The van der Waals surface area contributed by atoms with Crippen LogP contribution in [0, 0.1) is 6.92 Å². The van der Waals surface area contributed by atoms with Gasteiger partial charge in [-0.1, -0.05) is 36.0 Å². The zero-order valence-corrected chi connectivity index (χ0v) is 19.8. The van der Waals surface area contributed by atoms with Crippen LogP contribution in [-0.2, 0) is 23.9 Å². The lowest BCUT2D eigenvalue weighted by Gasteiger charge is -2.13. The van der Waals surface area contributed by atoms with Gasteiger partial charge in [-0.25, -0.2) is 15.0 Å². The first kappa shape index (κ1) is 23.8. The molecule has 0 saturated heterocycles. The Morgan fingerprint density at radius 2 is 1.86 bits per heavy atom. The Labute approximate surface area is 207 Å². The second-order valence-electron chi connectivity index (χ2n) is 8.03. The first-order valence-corrected chi connectivity index (χ1v) is 12.0. The summed E-state index contributed by atoms with van der Waals surface area (Å²) in [4.78, 5) is 26.0. The summed E-state index contributed by atoms with van der Waals surface area (Å²) in [6.07, 6.45) is -0.484. The topological polar surface area (TPSA) is 90.0 Å². The highest BCUT2D eigenvalue weighted by Gasteiger charge is 2.33. The smallest absolute Gasteiger partial charge is 0.334 e. The minimum atomic E-state index is -4.57. The molecule has 0 fully saturated rings. The minimum absolute atomic E-state index is 0.157. The summed E-state index contributed by atoms with van der Waals surface area (Å²) in [5.74, 6) is -0.141. The van der Waals surface area contributed by atoms with Gasteiger partial charge in [-0.3, -0.25) is 4.79 Å². The number of benzene rings is 2. The molecule has 0 spiro atoms. The number of fused-ring (bicyclic) bond motifs is 3. The fourth-order valence-electron chi connectivity index (χ4n) is 3.77. The molecule has 5 aromatic rings. The summed E-state index contributed by atoms with van der Waals surface area (Å²) in [5.41, 5.74) is 1.12. The summed E-state index contributed by atoms with van der Waals surface area (Å²) in [7, 11) is 0. The Morgan fingerprint density at radius 3 is 2.64 bits per heavy atom. The van der Waals surface area contributed by atoms with Gasteiger partial charge in [0.15, 0.2) is 16.6 Å². The third-order valence-corrected chi connectivity index (χ3v) is 6.46. The van der Waals surface area contributed by atoms with E-state index in [0.29, 0.717) is 35.1 Å². The van der Waals surface area contributed by atoms with Crippen LogP contribution in [0.4, 0.5) is 18.9 Å². The fourth-order valence-corrected chi connectivity index (χ4v) is 4.51. The summed E-state index contributed by atoms with van der Waals surface area (Å²) < 4.78 is 43.4. The molecule has 8 nitrogen and oxygen atoms in total. The van der Waals surface area contributed by atoms with E-state index in [1.54, 1.807) is 17.0 Å². The van der Waals surface area contributed by atoms with Crippen molar-refractivity contribution in [1.82, 2.24) is 29.1 Å². The molecule has 0 unspecified atom stereocenters. The lowest BCUT2D eigenvalue weighted by Crippen LogP contribution is -2.18. The number of para-hydroxylation sites is 2. The monoisotopic (exact) mass is 511 g/mol. The summed E-state index contributed by atoms with van der Waals surface area (Å²) in [6.45, 7) is 2.62. The molecule has 0 aliphatic heterocycles. The van der Waals surface area contributed by atoms with Gasteiger partial charge < -0.3 is 9.88 Å². The number of anilines is 1. The highest BCUT2D eigenvalue weighted by Crippen LogP contribution is 2.34. The molecule has 5 rings (SSSR count). The van der Waals surface area contributed by atoms with E-state index in [1.807, 2.05) is 35.8 Å². The van der Waals surface area contributed by atoms with Gasteiger partial charge in [-0.2, -0.15) is 17.7 Å². The number of carbonyl (C=O) groups excluding carboxylic acids is 1. The average molecular weight is 512 g/mol. The first-order chi connectivity index (χ1) is 17.3. The van der Waals surface area contributed by atoms with Crippen LogP contribution in [0.2, 0.25) is 0 Å². The SMILES string of the molecule is Cc1cncn1CCc1nc2c3ccccc3nc(SCC(=O)Nc3ccccc3C(F)(F)F)n2n1. The number of nitrogens with one attached hydrogen (secondary N) is 1. The van der Waals surface area contributed by atoms with E-state index >= 15 is 0 Å². The molecule has 3 aromatic heterocycles. The predicted molar refractivity (Wildman–Crippen MR) is 130 cm³/mol. The molecule has 3 heterocycles. The minimum Gasteiger partial charge on any atom is -0.334 e. The van der Waals surface area contributed by atoms with Crippen LogP contribution in [0.5, 0.6) is 0 Å². The normalized spacial score (nSPS) is 11.9. The van der Waals surface area contributed by atoms with E-state index in [-0.39, 0.29) is 11.4 Å². The standard InChI is InChI=1S/C24H20F3N7OS/c1-15-12-28-14-33(15)11-10-20-31-22-16-6-2-4-8-18(16)30-23(34(22)32-20)36-13-21(35)29-19-9-5-3-7-17(19)24(25,26)27/h2-9,12,14H,10-11,13H2,1H3,(H,29,35). The van der Waals surface area contributed by atoms with E-state index in [4.69, 9.17) is 4.98 Å². The van der Waals surface area contributed by atoms with Crippen molar-refractivity contribution in [2.45, 2.75) is 31.2 Å². The van der Waals surface area contributed by atoms with Crippen LogP contribution in [0.15, 0.2) is 66.2 Å². The molecule has 184 valence electrons. The van der Waals surface area contributed by atoms with Gasteiger partial charge in [-0.15, -0.1) is 5.10 Å². The number of amides is 1. The van der Waals surface area contributed by atoms with Crippen molar-refractivity contribution in [1.29, 1.82) is 0 Å². The number of aromatic nitrogens is 6. The van der Waals surface area contributed by atoms with Crippen LogP contribution in [0.25, 0.3) is 16.6 Å². The van der Waals surface area contributed by atoms with Crippen molar-refractivity contribution in [2.24, 2.45) is 0 Å². The number of alkyl halides is 3. The number of halogens is 3. The van der Waals surface area contributed by atoms with Crippen molar-refractivity contribution in [3.8, 4) is 0 Å². The quantitative estimate of drug-likeness (QED) is 0.250. The summed E-state index contributed by atoms with van der Waals surface area (Å²) >= 11 is 1.08. The van der Waals surface area contributed by atoms with Gasteiger partial charge in [0.2, 0.25) is 5.91 Å². The van der Waals surface area contributed by atoms with Crippen LogP contribution in [0.1, 0.15) is 17.1 Å². The molecule has 0 bridgehead atoms. The first-order valence-electron chi connectivity index (χ1n) is 11.0. The molecule has 1 amide bonds. The van der Waals surface area contributed by atoms with Gasteiger partial charge in [0.1, 0.15) is 0 Å². The lowest BCUT2D eigenvalue weighted by atomic mass is 10.1. The third kappa shape index (κ3) is 4.89. The number of hydrogen-bond donors (Lipinski definition) is 1. The molecule has 0 aliphatic carbocycles. The molecule has 36 heavy (non-hydrogen) atoms. The van der Waals surface area contributed by atoms with Gasteiger partial charge in [0.05, 0.1) is 28.8 Å². The van der Waals surface area contributed by atoms with Crippen molar-refractivity contribution in [2.75, 3.05) is 11.1 Å². The maximum atomic E-state index is 13.3.